The molecule has 0 fully saturated rings. The maximum Gasteiger partial charge on any atom is 0.263 e. The number of carbonyl (C=O) groups excluding carboxylic acids is 1. The van der Waals surface area contributed by atoms with Gasteiger partial charge >= 0.3 is 0 Å². The molecular formula is C21H24N2O4S. The Kier molecular flexibility index (Phi) is 5.02. The van der Waals surface area contributed by atoms with Gasteiger partial charge in [0, 0.05) is 0 Å². The number of para-hydroxylation sites is 2. The Labute approximate surface area is 165 Å². The van der Waals surface area contributed by atoms with Crippen LogP contribution in [0.4, 0.5) is 5.69 Å². The van der Waals surface area contributed by atoms with Crippen molar-refractivity contribution in [1.82, 2.24) is 5.32 Å². The maximum absolute atomic E-state index is 13.0. The van der Waals surface area contributed by atoms with Crippen molar-refractivity contribution in [2.75, 3.05) is 16.6 Å². The Bertz CT molecular complexity index is 989. The first-order valence-corrected chi connectivity index (χ1v) is 11.2. The summed E-state index contributed by atoms with van der Waals surface area (Å²) in [5.41, 5.74) is 2.87. The van der Waals surface area contributed by atoms with Crippen LogP contribution in [0, 0.1) is 0 Å². The summed E-state index contributed by atoms with van der Waals surface area (Å²) in [6.45, 7) is 1.58. The number of ether oxygens (including phenoxy) is 1. The fourth-order valence-corrected chi connectivity index (χ4v) is 5.05. The van der Waals surface area contributed by atoms with Gasteiger partial charge in [0.2, 0.25) is 10.0 Å². The molecule has 1 N–H and O–H groups in total. The highest BCUT2D eigenvalue weighted by Crippen LogP contribution is 2.35. The van der Waals surface area contributed by atoms with Gasteiger partial charge in [-0.25, -0.2) is 8.42 Å². The zero-order chi connectivity index (χ0) is 19.7. The lowest BCUT2D eigenvalue weighted by molar-refractivity contribution is -0.128. The van der Waals surface area contributed by atoms with Crippen LogP contribution in [0.2, 0.25) is 0 Å². The third kappa shape index (κ3) is 3.46. The summed E-state index contributed by atoms with van der Waals surface area (Å²) in [7, 11) is -3.51. The molecule has 6 nitrogen and oxygen atoms in total. The number of nitrogens with zero attached hydrogens (tertiary/aromatic N) is 1. The molecule has 148 valence electrons. The predicted octanol–water partition coefficient (Wildman–Crippen LogP) is 2.80. The van der Waals surface area contributed by atoms with Crippen LogP contribution in [0.3, 0.4) is 0 Å². The minimum atomic E-state index is -3.51. The van der Waals surface area contributed by atoms with Crippen molar-refractivity contribution in [3.63, 3.8) is 0 Å². The molecule has 2 aliphatic rings. The van der Waals surface area contributed by atoms with Crippen LogP contribution < -0.4 is 14.4 Å². The van der Waals surface area contributed by atoms with E-state index in [0.29, 0.717) is 11.4 Å². The first-order valence-electron chi connectivity index (χ1n) is 9.64. The molecule has 2 atom stereocenters. The number of hydrogen-bond donors (Lipinski definition) is 1. The Morgan fingerprint density at radius 2 is 1.93 bits per heavy atom. The molecule has 1 aliphatic heterocycles. The summed E-state index contributed by atoms with van der Waals surface area (Å²) in [4.78, 5) is 13.0. The second kappa shape index (κ2) is 7.47. The molecule has 0 radical (unpaired) electrons. The van der Waals surface area contributed by atoms with E-state index in [-0.39, 0.29) is 24.2 Å². The third-order valence-corrected chi connectivity index (χ3v) is 7.16. The maximum atomic E-state index is 13.0. The van der Waals surface area contributed by atoms with Crippen LogP contribution in [0.15, 0.2) is 48.5 Å². The van der Waals surface area contributed by atoms with Crippen molar-refractivity contribution in [2.24, 2.45) is 0 Å². The molecule has 1 amide bonds. The Morgan fingerprint density at radius 1 is 1.18 bits per heavy atom. The molecule has 0 spiro atoms. The Morgan fingerprint density at radius 3 is 2.75 bits per heavy atom. The van der Waals surface area contributed by atoms with E-state index in [1.807, 2.05) is 18.2 Å². The molecular weight excluding hydrogens is 376 g/mol. The normalized spacial score (nSPS) is 21.2. The van der Waals surface area contributed by atoms with Gasteiger partial charge in [0.25, 0.3) is 5.91 Å². The van der Waals surface area contributed by atoms with Gasteiger partial charge in [0.05, 0.1) is 24.0 Å². The van der Waals surface area contributed by atoms with Crippen molar-refractivity contribution in [3.8, 4) is 5.75 Å². The average molecular weight is 401 g/mol. The van der Waals surface area contributed by atoms with E-state index in [1.54, 1.807) is 31.2 Å². The molecule has 7 heteroatoms. The fourth-order valence-electron chi connectivity index (χ4n) is 3.93. The summed E-state index contributed by atoms with van der Waals surface area (Å²) in [5.74, 6) is 0.0913. The molecule has 1 aliphatic carbocycles. The Balaban J connectivity index is 1.58. The van der Waals surface area contributed by atoms with E-state index in [1.165, 1.54) is 9.87 Å². The van der Waals surface area contributed by atoms with E-state index in [0.717, 1.165) is 24.8 Å². The van der Waals surface area contributed by atoms with Crippen molar-refractivity contribution >= 4 is 21.6 Å². The first kappa shape index (κ1) is 18.8. The molecule has 0 saturated carbocycles. The predicted molar refractivity (Wildman–Crippen MR) is 108 cm³/mol. The number of carbonyl (C=O) groups is 1. The number of aryl methyl sites for hydroxylation is 1. The van der Waals surface area contributed by atoms with E-state index < -0.39 is 16.1 Å². The fraction of sp³-hybridized carbons (Fsp3) is 0.381. The number of fused-ring (bicyclic) bond motifs is 2. The quantitative estimate of drug-likeness (QED) is 0.856. The van der Waals surface area contributed by atoms with E-state index >= 15 is 0 Å². The van der Waals surface area contributed by atoms with Gasteiger partial charge in [-0.2, -0.15) is 0 Å². The van der Waals surface area contributed by atoms with E-state index in [9.17, 15) is 13.2 Å². The zero-order valence-corrected chi connectivity index (χ0v) is 16.6. The average Bonchev–Trinajstić information content (AvgIpc) is 2.73. The van der Waals surface area contributed by atoms with Gasteiger partial charge in [-0.05, 0) is 49.4 Å². The number of sulfonamides is 1. The zero-order valence-electron chi connectivity index (χ0n) is 15.8. The van der Waals surface area contributed by atoms with Gasteiger partial charge in [-0.15, -0.1) is 0 Å². The highest BCUT2D eigenvalue weighted by atomic mass is 32.2. The minimum Gasteiger partial charge on any atom is -0.476 e. The van der Waals surface area contributed by atoms with Crippen LogP contribution in [0.1, 0.15) is 36.9 Å². The second-order valence-corrected chi connectivity index (χ2v) is 9.34. The van der Waals surface area contributed by atoms with Gasteiger partial charge < -0.3 is 10.1 Å². The van der Waals surface area contributed by atoms with Gasteiger partial charge in [0.15, 0.2) is 6.10 Å². The van der Waals surface area contributed by atoms with Gasteiger partial charge in [0.1, 0.15) is 5.75 Å². The molecule has 4 rings (SSSR count). The lowest BCUT2D eigenvalue weighted by Crippen LogP contribution is -2.51. The van der Waals surface area contributed by atoms with E-state index in [4.69, 9.17) is 4.74 Å². The summed E-state index contributed by atoms with van der Waals surface area (Å²) in [6, 6.07) is 15.0. The number of amides is 1. The largest absolute Gasteiger partial charge is 0.476 e. The lowest BCUT2D eigenvalue weighted by atomic mass is 9.87. The highest BCUT2D eigenvalue weighted by Gasteiger charge is 2.37. The molecule has 28 heavy (non-hydrogen) atoms. The third-order valence-electron chi connectivity index (χ3n) is 5.41. The van der Waals surface area contributed by atoms with E-state index in [2.05, 4.69) is 11.4 Å². The topological polar surface area (TPSA) is 75.7 Å². The van der Waals surface area contributed by atoms with Gasteiger partial charge in [-0.1, -0.05) is 36.4 Å². The summed E-state index contributed by atoms with van der Waals surface area (Å²) < 4.78 is 32.3. The smallest absolute Gasteiger partial charge is 0.263 e. The van der Waals surface area contributed by atoms with Crippen LogP contribution >= 0.6 is 0 Å². The molecule has 2 aromatic carbocycles. The van der Waals surface area contributed by atoms with Crippen LogP contribution in [0.5, 0.6) is 5.75 Å². The summed E-state index contributed by atoms with van der Waals surface area (Å²) >= 11 is 0. The standard InChI is InChI=1S/C21H24N2O4S/c1-2-28(25,26)23-14-20(27-19-13-6-5-12-18(19)23)21(24)22-17-11-7-9-15-8-3-4-10-16(15)17/h3-6,8,10,12-13,17,20H,2,7,9,11,14H2,1H3,(H,22,24)/t17-,20+/m0/s1. The number of hydrogen-bond acceptors (Lipinski definition) is 4. The first-order chi connectivity index (χ1) is 13.5. The molecule has 0 unspecified atom stereocenters. The monoisotopic (exact) mass is 400 g/mol. The molecule has 1 heterocycles. The molecule has 0 bridgehead atoms. The minimum absolute atomic E-state index is 0.0204. The number of benzene rings is 2. The number of rotatable bonds is 4. The highest BCUT2D eigenvalue weighted by molar-refractivity contribution is 7.92. The summed E-state index contributed by atoms with van der Waals surface area (Å²) in [5, 5.41) is 3.08. The molecule has 0 saturated heterocycles. The molecule has 0 aromatic heterocycles. The van der Waals surface area contributed by atoms with Gasteiger partial charge in [-0.3, -0.25) is 9.10 Å². The second-order valence-electron chi connectivity index (χ2n) is 7.16. The van der Waals surface area contributed by atoms with Crippen molar-refractivity contribution in [3.05, 3.63) is 59.7 Å². The Hall–Kier alpha value is -2.54. The van der Waals surface area contributed by atoms with Crippen LogP contribution in [-0.2, 0) is 21.2 Å². The summed E-state index contributed by atoms with van der Waals surface area (Å²) in [6.07, 6.45) is 2.00. The molecule has 2 aromatic rings. The number of nitrogens with one attached hydrogen (secondary N) is 1. The van der Waals surface area contributed by atoms with Crippen molar-refractivity contribution in [1.29, 1.82) is 0 Å². The lowest BCUT2D eigenvalue weighted by Gasteiger charge is -2.35. The number of anilines is 1. The van der Waals surface area contributed by atoms with Crippen molar-refractivity contribution < 1.29 is 17.9 Å². The van der Waals surface area contributed by atoms with Crippen LogP contribution in [-0.4, -0.2) is 32.7 Å². The van der Waals surface area contributed by atoms with Crippen molar-refractivity contribution in [2.45, 2.75) is 38.3 Å². The SMILES string of the molecule is CCS(=O)(=O)N1C[C@H](C(=O)N[C@H]2CCCc3ccccc32)Oc2ccccc21. The van der Waals surface area contributed by atoms with Crippen LogP contribution in [0.25, 0.3) is 0 Å².